The third-order valence-electron chi connectivity index (χ3n) is 3.34. The Labute approximate surface area is 105 Å². The van der Waals surface area contributed by atoms with Crippen LogP contribution in [-0.2, 0) is 4.74 Å². The summed E-state index contributed by atoms with van der Waals surface area (Å²) in [5.74, 6) is 0. The first-order valence-corrected chi connectivity index (χ1v) is 6.57. The lowest BCUT2D eigenvalue weighted by molar-refractivity contribution is 0.146. The van der Waals surface area contributed by atoms with Crippen LogP contribution < -0.4 is 5.32 Å². The second-order valence-electron chi connectivity index (χ2n) is 5.61. The van der Waals surface area contributed by atoms with Gasteiger partial charge in [0.1, 0.15) is 0 Å². The molecule has 0 aromatic rings. The van der Waals surface area contributed by atoms with Crippen molar-refractivity contribution in [2.24, 2.45) is 5.41 Å². The molecule has 4 nitrogen and oxygen atoms in total. The van der Waals surface area contributed by atoms with E-state index in [2.05, 4.69) is 19.2 Å². The lowest BCUT2D eigenvalue weighted by Crippen LogP contribution is -2.45. The molecule has 0 aromatic carbocycles. The van der Waals surface area contributed by atoms with E-state index in [9.17, 15) is 4.79 Å². The molecule has 2 amide bonds. The first-order chi connectivity index (χ1) is 8.05. The fourth-order valence-corrected chi connectivity index (χ4v) is 1.99. The van der Waals surface area contributed by atoms with Crippen molar-refractivity contribution in [2.75, 3.05) is 33.4 Å². The molecule has 0 unspecified atom stereocenters. The van der Waals surface area contributed by atoms with Crippen molar-refractivity contribution in [2.45, 2.75) is 39.5 Å². The van der Waals surface area contributed by atoms with Gasteiger partial charge in [-0.3, -0.25) is 0 Å². The average Bonchev–Trinajstić information content (AvgIpc) is 2.35. The molecule has 100 valence electrons. The Bertz CT molecular complexity index is 236. The van der Waals surface area contributed by atoms with Gasteiger partial charge in [-0.2, -0.15) is 0 Å². The van der Waals surface area contributed by atoms with E-state index in [4.69, 9.17) is 4.74 Å². The van der Waals surface area contributed by atoms with Crippen LogP contribution in [0.3, 0.4) is 0 Å². The highest BCUT2D eigenvalue weighted by Crippen LogP contribution is 2.19. The second-order valence-corrected chi connectivity index (χ2v) is 5.61. The minimum absolute atomic E-state index is 0.0928. The molecule has 1 aliphatic rings. The zero-order valence-corrected chi connectivity index (χ0v) is 11.4. The average molecular weight is 242 g/mol. The normalized spacial score (nSPS) is 17.0. The second kappa shape index (κ2) is 6.84. The highest BCUT2D eigenvalue weighted by molar-refractivity contribution is 5.74. The maximum Gasteiger partial charge on any atom is 0.317 e. The number of nitrogens with zero attached hydrogens (tertiary/aromatic N) is 1. The van der Waals surface area contributed by atoms with E-state index in [0.29, 0.717) is 6.54 Å². The van der Waals surface area contributed by atoms with Crippen LogP contribution in [0.2, 0.25) is 0 Å². The van der Waals surface area contributed by atoms with E-state index < -0.39 is 0 Å². The predicted octanol–water partition coefficient (Wildman–Crippen LogP) is 2.24. The van der Waals surface area contributed by atoms with Crippen LogP contribution in [0.4, 0.5) is 4.79 Å². The van der Waals surface area contributed by atoms with Crippen LogP contribution in [0.15, 0.2) is 0 Å². The molecule has 1 fully saturated rings. The molecule has 17 heavy (non-hydrogen) atoms. The van der Waals surface area contributed by atoms with Gasteiger partial charge in [0.25, 0.3) is 0 Å². The Kier molecular flexibility index (Phi) is 5.75. The maximum atomic E-state index is 11.9. The number of urea groups is 1. The smallest absolute Gasteiger partial charge is 0.317 e. The lowest BCUT2D eigenvalue weighted by Gasteiger charge is -2.30. The molecule has 1 aliphatic heterocycles. The first kappa shape index (κ1) is 14.3. The number of likely N-dealkylation sites (tertiary alicyclic amines) is 1. The Morgan fingerprint density at radius 2 is 1.94 bits per heavy atom. The molecule has 0 aromatic heterocycles. The third kappa shape index (κ3) is 5.39. The van der Waals surface area contributed by atoms with Gasteiger partial charge in [-0.05, 0) is 31.1 Å². The summed E-state index contributed by atoms with van der Waals surface area (Å²) in [5.41, 5.74) is 0.0987. The fraction of sp³-hybridized carbons (Fsp3) is 0.923. The van der Waals surface area contributed by atoms with E-state index in [-0.39, 0.29) is 11.4 Å². The van der Waals surface area contributed by atoms with E-state index in [1.165, 1.54) is 6.42 Å². The lowest BCUT2D eigenvalue weighted by atomic mass is 9.90. The van der Waals surface area contributed by atoms with Gasteiger partial charge in [-0.25, -0.2) is 4.79 Å². The molecular weight excluding hydrogens is 216 g/mol. The van der Waals surface area contributed by atoms with E-state index in [0.717, 1.165) is 39.0 Å². The summed E-state index contributed by atoms with van der Waals surface area (Å²) in [6.07, 6.45) is 4.49. The Morgan fingerprint density at radius 3 is 2.53 bits per heavy atom. The van der Waals surface area contributed by atoms with Gasteiger partial charge in [-0.1, -0.05) is 13.8 Å². The third-order valence-corrected chi connectivity index (χ3v) is 3.34. The van der Waals surface area contributed by atoms with E-state index in [1.807, 2.05) is 4.90 Å². The number of carbonyl (C=O) groups is 1. The summed E-state index contributed by atoms with van der Waals surface area (Å²) < 4.78 is 5.08. The Morgan fingerprint density at radius 1 is 1.29 bits per heavy atom. The first-order valence-electron chi connectivity index (χ1n) is 6.57. The molecular formula is C13H26N2O2. The summed E-state index contributed by atoms with van der Waals surface area (Å²) in [6, 6.07) is 0.0928. The van der Waals surface area contributed by atoms with Gasteiger partial charge in [-0.15, -0.1) is 0 Å². The topological polar surface area (TPSA) is 41.6 Å². The van der Waals surface area contributed by atoms with E-state index in [1.54, 1.807) is 7.11 Å². The summed E-state index contributed by atoms with van der Waals surface area (Å²) in [6.45, 7) is 7.58. The summed E-state index contributed by atoms with van der Waals surface area (Å²) in [4.78, 5) is 13.8. The number of methoxy groups -OCH3 is 1. The number of nitrogens with one attached hydrogen (secondary N) is 1. The number of rotatable bonds is 5. The number of piperidine rings is 1. The van der Waals surface area contributed by atoms with Crippen LogP contribution in [0, 0.1) is 5.41 Å². The molecule has 1 saturated heterocycles. The van der Waals surface area contributed by atoms with Gasteiger partial charge in [0.2, 0.25) is 0 Å². The molecule has 0 radical (unpaired) electrons. The predicted molar refractivity (Wildman–Crippen MR) is 69.1 cm³/mol. The van der Waals surface area contributed by atoms with Crippen LogP contribution in [0.5, 0.6) is 0 Å². The van der Waals surface area contributed by atoms with Gasteiger partial charge >= 0.3 is 6.03 Å². The Balaban J connectivity index is 2.26. The monoisotopic (exact) mass is 242 g/mol. The number of amides is 2. The zero-order chi connectivity index (χ0) is 12.7. The van der Waals surface area contributed by atoms with Crippen molar-refractivity contribution < 1.29 is 9.53 Å². The van der Waals surface area contributed by atoms with Crippen molar-refractivity contribution in [3.63, 3.8) is 0 Å². The summed E-state index contributed by atoms with van der Waals surface area (Å²) in [7, 11) is 1.71. The van der Waals surface area contributed by atoms with Gasteiger partial charge < -0.3 is 15.0 Å². The number of hydrogen-bond donors (Lipinski definition) is 1. The van der Waals surface area contributed by atoms with Crippen molar-refractivity contribution in [3.05, 3.63) is 0 Å². The van der Waals surface area contributed by atoms with Gasteiger partial charge in [0.05, 0.1) is 0 Å². The van der Waals surface area contributed by atoms with Gasteiger partial charge in [0.15, 0.2) is 0 Å². The van der Waals surface area contributed by atoms with Crippen LogP contribution in [-0.4, -0.2) is 44.3 Å². The van der Waals surface area contributed by atoms with Crippen molar-refractivity contribution in [1.82, 2.24) is 10.2 Å². The molecule has 1 N–H and O–H groups in total. The molecule has 1 rings (SSSR count). The fourth-order valence-electron chi connectivity index (χ4n) is 1.99. The molecule has 0 atom stereocenters. The van der Waals surface area contributed by atoms with Crippen LogP contribution >= 0.6 is 0 Å². The standard InChI is InChI=1S/C13H26N2O2/c1-13(2,7-10-17-3)11-14-12(16)15-8-5-4-6-9-15/h4-11H2,1-3H3,(H,14,16). The number of ether oxygens (including phenoxy) is 1. The van der Waals surface area contributed by atoms with Gasteiger partial charge in [0, 0.05) is 33.4 Å². The molecule has 0 spiro atoms. The number of carbonyl (C=O) groups excluding carboxylic acids is 1. The molecule has 4 heteroatoms. The molecule has 0 bridgehead atoms. The minimum atomic E-state index is 0.0928. The van der Waals surface area contributed by atoms with Crippen molar-refractivity contribution in [1.29, 1.82) is 0 Å². The van der Waals surface area contributed by atoms with Crippen LogP contribution in [0.1, 0.15) is 39.5 Å². The van der Waals surface area contributed by atoms with Crippen molar-refractivity contribution >= 4 is 6.03 Å². The molecule has 1 heterocycles. The van der Waals surface area contributed by atoms with E-state index >= 15 is 0 Å². The maximum absolute atomic E-state index is 11.9. The zero-order valence-electron chi connectivity index (χ0n) is 11.4. The minimum Gasteiger partial charge on any atom is -0.385 e. The van der Waals surface area contributed by atoms with Crippen LogP contribution in [0.25, 0.3) is 0 Å². The summed E-state index contributed by atoms with van der Waals surface area (Å²) in [5, 5.41) is 3.03. The molecule has 0 aliphatic carbocycles. The molecule has 0 saturated carbocycles. The largest absolute Gasteiger partial charge is 0.385 e. The highest BCUT2D eigenvalue weighted by Gasteiger charge is 2.21. The Hall–Kier alpha value is -0.770. The quantitative estimate of drug-likeness (QED) is 0.803. The highest BCUT2D eigenvalue weighted by atomic mass is 16.5. The summed E-state index contributed by atoms with van der Waals surface area (Å²) >= 11 is 0. The SMILES string of the molecule is COCCC(C)(C)CNC(=O)N1CCCCC1. The number of hydrogen-bond acceptors (Lipinski definition) is 2. The van der Waals surface area contributed by atoms with Crippen molar-refractivity contribution in [3.8, 4) is 0 Å².